The molecule has 0 saturated carbocycles. The van der Waals surface area contributed by atoms with Gasteiger partial charge in [0, 0.05) is 19.3 Å². The summed E-state index contributed by atoms with van der Waals surface area (Å²) in [7, 11) is -2.03. The Hall–Kier alpha value is -1.80. The van der Waals surface area contributed by atoms with Gasteiger partial charge in [-0.2, -0.15) is 13.5 Å². The summed E-state index contributed by atoms with van der Waals surface area (Å²) in [6.07, 6.45) is 1.65. The molecule has 0 aliphatic carbocycles. The molecule has 2 aromatic rings. The minimum atomic E-state index is -3.74. The highest BCUT2D eigenvalue weighted by molar-refractivity contribution is 7.92. The van der Waals surface area contributed by atoms with E-state index in [-0.39, 0.29) is 10.9 Å². The SMILES string of the molecule is CC(C)CNCc1ccc(S(=O)(=O)Nc2ccn(C)n2)o1. The Morgan fingerprint density at radius 1 is 1.33 bits per heavy atom. The van der Waals surface area contributed by atoms with E-state index >= 15 is 0 Å². The highest BCUT2D eigenvalue weighted by Gasteiger charge is 2.19. The highest BCUT2D eigenvalue weighted by atomic mass is 32.2. The molecule has 0 unspecified atom stereocenters. The first-order chi connectivity index (χ1) is 9.87. The Morgan fingerprint density at radius 2 is 2.10 bits per heavy atom. The van der Waals surface area contributed by atoms with Crippen LogP contribution in [0.15, 0.2) is 33.9 Å². The zero-order chi connectivity index (χ0) is 15.5. The van der Waals surface area contributed by atoms with Crippen LogP contribution in [0.2, 0.25) is 0 Å². The Balaban J connectivity index is 2.02. The number of rotatable bonds is 7. The quantitative estimate of drug-likeness (QED) is 0.810. The minimum Gasteiger partial charge on any atom is -0.446 e. The lowest BCUT2D eigenvalue weighted by Crippen LogP contribution is -2.18. The fourth-order valence-corrected chi connectivity index (χ4v) is 2.69. The molecular weight excluding hydrogens is 292 g/mol. The van der Waals surface area contributed by atoms with Crippen LogP contribution in [0, 0.1) is 5.92 Å². The van der Waals surface area contributed by atoms with E-state index in [0.717, 1.165) is 6.54 Å². The van der Waals surface area contributed by atoms with E-state index in [2.05, 4.69) is 29.0 Å². The number of aryl methyl sites for hydroxylation is 1. The Morgan fingerprint density at radius 3 is 2.71 bits per heavy atom. The van der Waals surface area contributed by atoms with Gasteiger partial charge in [0.2, 0.25) is 5.09 Å². The van der Waals surface area contributed by atoms with Crippen molar-refractivity contribution in [3.63, 3.8) is 0 Å². The van der Waals surface area contributed by atoms with Crippen molar-refractivity contribution in [1.82, 2.24) is 15.1 Å². The lowest BCUT2D eigenvalue weighted by atomic mass is 10.2. The van der Waals surface area contributed by atoms with Gasteiger partial charge in [-0.15, -0.1) is 0 Å². The van der Waals surface area contributed by atoms with Crippen molar-refractivity contribution in [2.45, 2.75) is 25.5 Å². The van der Waals surface area contributed by atoms with Gasteiger partial charge in [0.1, 0.15) is 5.76 Å². The van der Waals surface area contributed by atoms with Crippen LogP contribution in [-0.4, -0.2) is 24.7 Å². The lowest BCUT2D eigenvalue weighted by Gasteiger charge is -2.05. The van der Waals surface area contributed by atoms with Crippen LogP contribution < -0.4 is 10.0 Å². The predicted molar refractivity (Wildman–Crippen MR) is 79.3 cm³/mol. The summed E-state index contributed by atoms with van der Waals surface area (Å²) in [5, 5.41) is 7.05. The predicted octanol–water partition coefficient (Wildman–Crippen LogP) is 1.56. The van der Waals surface area contributed by atoms with Crippen molar-refractivity contribution in [3.8, 4) is 0 Å². The third-order valence-corrected chi connectivity index (χ3v) is 3.93. The molecule has 7 nitrogen and oxygen atoms in total. The zero-order valence-electron chi connectivity index (χ0n) is 12.3. The molecule has 21 heavy (non-hydrogen) atoms. The van der Waals surface area contributed by atoms with Crippen molar-refractivity contribution in [2.24, 2.45) is 13.0 Å². The summed E-state index contributed by atoms with van der Waals surface area (Å²) in [5.41, 5.74) is 0. The highest BCUT2D eigenvalue weighted by Crippen LogP contribution is 2.17. The van der Waals surface area contributed by atoms with E-state index in [0.29, 0.717) is 18.2 Å². The molecule has 2 N–H and O–H groups in total. The smallest absolute Gasteiger partial charge is 0.296 e. The van der Waals surface area contributed by atoms with Gasteiger partial charge in [-0.05, 0) is 24.6 Å². The molecular formula is C13H20N4O3S. The van der Waals surface area contributed by atoms with E-state index in [1.54, 1.807) is 25.4 Å². The van der Waals surface area contributed by atoms with E-state index in [9.17, 15) is 8.42 Å². The van der Waals surface area contributed by atoms with Crippen LogP contribution in [0.3, 0.4) is 0 Å². The number of hydrogen-bond donors (Lipinski definition) is 2. The summed E-state index contributed by atoms with van der Waals surface area (Å²) >= 11 is 0. The Bertz CT molecular complexity index is 688. The van der Waals surface area contributed by atoms with E-state index in [1.165, 1.54) is 10.7 Å². The molecule has 0 saturated heterocycles. The molecule has 0 spiro atoms. The molecule has 2 rings (SSSR count). The number of sulfonamides is 1. The maximum atomic E-state index is 12.1. The molecule has 0 radical (unpaired) electrons. The van der Waals surface area contributed by atoms with E-state index in [1.807, 2.05) is 0 Å². The maximum absolute atomic E-state index is 12.1. The summed E-state index contributed by atoms with van der Waals surface area (Å²) in [4.78, 5) is 0. The van der Waals surface area contributed by atoms with Crippen LogP contribution in [0.25, 0.3) is 0 Å². The Kier molecular flexibility index (Phi) is 4.69. The number of nitrogens with zero attached hydrogens (tertiary/aromatic N) is 2. The molecule has 116 valence electrons. The van der Waals surface area contributed by atoms with Gasteiger partial charge < -0.3 is 9.73 Å². The lowest BCUT2D eigenvalue weighted by molar-refractivity contribution is 0.398. The van der Waals surface area contributed by atoms with Crippen LogP contribution in [0.5, 0.6) is 0 Å². The molecule has 8 heteroatoms. The van der Waals surface area contributed by atoms with Gasteiger partial charge >= 0.3 is 0 Å². The standard InChI is InChI=1S/C13H20N4O3S/c1-10(2)8-14-9-11-4-5-13(20-11)21(18,19)16-12-6-7-17(3)15-12/h4-7,10,14H,8-9H2,1-3H3,(H,15,16). The van der Waals surface area contributed by atoms with Gasteiger partial charge in [-0.3, -0.25) is 9.40 Å². The van der Waals surface area contributed by atoms with E-state index < -0.39 is 10.0 Å². The fraction of sp³-hybridized carbons (Fsp3) is 0.462. The first kappa shape index (κ1) is 15.6. The molecule has 0 atom stereocenters. The largest absolute Gasteiger partial charge is 0.446 e. The average molecular weight is 312 g/mol. The van der Waals surface area contributed by atoms with Gasteiger partial charge in [-0.1, -0.05) is 13.8 Å². The molecule has 0 bridgehead atoms. The number of anilines is 1. The van der Waals surface area contributed by atoms with Crippen LogP contribution in [0.4, 0.5) is 5.82 Å². The molecule has 0 aliphatic heterocycles. The number of furan rings is 1. The normalized spacial score (nSPS) is 12.0. The third-order valence-electron chi connectivity index (χ3n) is 2.71. The van der Waals surface area contributed by atoms with Crippen LogP contribution in [-0.2, 0) is 23.6 Å². The van der Waals surface area contributed by atoms with Crippen LogP contribution >= 0.6 is 0 Å². The second kappa shape index (κ2) is 6.31. The molecule has 2 heterocycles. The van der Waals surface area contributed by atoms with Crippen molar-refractivity contribution in [3.05, 3.63) is 30.2 Å². The first-order valence-corrected chi connectivity index (χ1v) is 8.17. The minimum absolute atomic E-state index is 0.116. The summed E-state index contributed by atoms with van der Waals surface area (Å²) in [5.74, 6) is 1.36. The monoisotopic (exact) mass is 312 g/mol. The summed E-state index contributed by atoms with van der Waals surface area (Å²) in [6, 6.07) is 4.67. The van der Waals surface area contributed by atoms with Crippen molar-refractivity contribution in [2.75, 3.05) is 11.3 Å². The molecule has 0 amide bonds. The zero-order valence-corrected chi connectivity index (χ0v) is 13.1. The fourth-order valence-electron chi connectivity index (χ4n) is 1.74. The summed E-state index contributed by atoms with van der Waals surface area (Å²) in [6.45, 7) is 5.54. The van der Waals surface area contributed by atoms with Crippen molar-refractivity contribution >= 4 is 15.8 Å². The van der Waals surface area contributed by atoms with E-state index in [4.69, 9.17) is 4.42 Å². The molecule has 0 fully saturated rings. The number of nitrogens with one attached hydrogen (secondary N) is 2. The molecule has 0 aromatic carbocycles. The topological polar surface area (TPSA) is 89.2 Å². The van der Waals surface area contributed by atoms with Gasteiger partial charge in [-0.25, -0.2) is 0 Å². The number of aromatic nitrogens is 2. The second-order valence-corrected chi connectivity index (χ2v) is 6.84. The maximum Gasteiger partial charge on any atom is 0.296 e. The van der Waals surface area contributed by atoms with Crippen LogP contribution in [0.1, 0.15) is 19.6 Å². The van der Waals surface area contributed by atoms with Gasteiger partial charge in [0.25, 0.3) is 10.0 Å². The number of hydrogen-bond acceptors (Lipinski definition) is 5. The molecule has 2 aromatic heterocycles. The Labute approximate surface area is 124 Å². The van der Waals surface area contributed by atoms with Crippen molar-refractivity contribution in [1.29, 1.82) is 0 Å². The van der Waals surface area contributed by atoms with Gasteiger partial charge in [0.15, 0.2) is 5.82 Å². The first-order valence-electron chi connectivity index (χ1n) is 6.69. The molecule has 0 aliphatic rings. The third kappa shape index (κ3) is 4.33. The van der Waals surface area contributed by atoms with Gasteiger partial charge in [0.05, 0.1) is 6.54 Å². The summed E-state index contributed by atoms with van der Waals surface area (Å²) < 4.78 is 33.5. The van der Waals surface area contributed by atoms with Crippen molar-refractivity contribution < 1.29 is 12.8 Å². The second-order valence-electron chi connectivity index (χ2n) is 5.23. The average Bonchev–Trinajstić information content (AvgIpc) is 2.98.